The van der Waals surface area contributed by atoms with E-state index in [1.807, 2.05) is 0 Å². The van der Waals surface area contributed by atoms with E-state index in [2.05, 4.69) is 6.92 Å². The number of nitrogens with two attached hydrogens (primary N) is 1. The summed E-state index contributed by atoms with van der Waals surface area (Å²) >= 11 is 0. The highest BCUT2D eigenvalue weighted by Crippen LogP contribution is 2.38. The molecule has 0 radical (unpaired) electrons. The molecule has 0 saturated heterocycles. The minimum absolute atomic E-state index is 0.220. The zero-order valence-electron chi connectivity index (χ0n) is 6.59. The molecular weight excluding hydrogens is 126 g/mol. The standard InChI is InChI=1S/C8H17NO/c1-6(7-2-3-7)8(9)4-5-10/h6-8,10H,2-5,9H2,1H3. The Labute approximate surface area is 62.4 Å². The molecule has 60 valence electrons. The van der Waals surface area contributed by atoms with Crippen LogP contribution in [-0.4, -0.2) is 17.8 Å². The van der Waals surface area contributed by atoms with E-state index >= 15 is 0 Å². The summed E-state index contributed by atoms with van der Waals surface area (Å²) < 4.78 is 0. The molecule has 0 aliphatic heterocycles. The van der Waals surface area contributed by atoms with Crippen LogP contribution in [0.25, 0.3) is 0 Å². The third-order valence-corrected chi connectivity index (χ3v) is 2.50. The largest absolute Gasteiger partial charge is 0.396 e. The quantitative estimate of drug-likeness (QED) is 0.609. The van der Waals surface area contributed by atoms with Crippen LogP contribution in [0.1, 0.15) is 26.2 Å². The second kappa shape index (κ2) is 3.35. The van der Waals surface area contributed by atoms with Gasteiger partial charge in [-0.2, -0.15) is 0 Å². The number of hydrogen-bond acceptors (Lipinski definition) is 2. The van der Waals surface area contributed by atoms with E-state index in [1.165, 1.54) is 12.8 Å². The van der Waals surface area contributed by atoms with Gasteiger partial charge < -0.3 is 10.8 Å². The summed E-state index contributed by atoms with van der Waals surface area (Å²) in [7, 11) is 0. The molecule has 0 aromatic heterocycles. The van der Waals surface area contributed by atoms with Crippen LogP contribution in [0.3, 0.4) is 0 Å². The van der Waals surface area contributed by atoms with Crippen molar-refractivity contribution in [1.82, 2.24) is 0 Å². The normalized spacial score (nSPS) is 24.3. The monoisotopic (exact) mass is 143 g/mol. The first-order valence-corrected chi connectivity index (χ1v) is 4.12. The maximum absolute atomic E-state index is 8.61. The van der Waals surface area contributed by atoms with Crippen molar-refractivity contribution in [3.8, 4) is 0 Å². The Hall–Kier alpha value is -0.0800. The van der Waals surface area contributed by atoms with Gasteiger partial charge in [0.25, 0.3) is 0 Å². The van der Waals surface area contributed by atoms with E-state index in [0.717, 1.165) is 12.3 Å². The van der Waals surface area contributed by atoms with Crippen LogP contribution in [0, 0.1) is 11.8 Å². The average molecular weight is 143 g/mol. The molecule has 0 bridgehead atoms. The Morgan fingerprint density at radius 3 is 2.60 bits per heavy atom. The van der Waals surface area contributed by atoms with Gasteiger partial charge >= 0.3 is 0 Å². The molecule has 1 saturated carbocycles. The number of hydrogen-bond donors (Lipinski definition) is 2. The predicted molar refractivity (Wildman–Crippen MR) is 41.6 cm³/mol. The van der Waals surface area contributed by atoms with Gasteiger partial charge in [-0.25, -0.2) is 0 Å². The average Bonchev–Trinajstić information content (AvgIpc) is 2.68. The molecule has 3 N–H and O–H groups in total. The van der Waals surface area contributed by atoms with Crippen molar-refractivity contribution in [3.63, 3.8) is 0 Å². The van der Waals surface area contributed by atoms with Gasteiger partial charge in [0, 0.05) is 12.6 Å². The van der Waals surface area contributed by atoms with Crippen molar-refractivity contribution in [2.75, 3.05) is 6.61 Å². The first-order chi connectivity index (χ1) is 4.75. The van der Waals surface area contributed by atoms with Crippen molar-refractivity contribution in [2.24, 2.45) is 17.6 Å². The SMILES string of the molecule is CC(C(N)CCO)C1CC1. The van der Waals surface area contributed by atoms with Gasteiger partial charge in [0.05, 0.1) is 0 Å². The molecule has 0 spiro atoms. The summed E-state index contributed by atoms with van der Waals surface area (Å²) in [6.07, 6.45) is 3.46. The van der Waals surface area contributed by atoms with Crippen LogP contribution in [-0.2, 0) is 0 Å². The summed E-state index contributed by atoms with van der Waals surface area (Å²) in [5, 5.41) is 8.61. The van der Waals surface area contributed by atoms with E-state index in [0.29, 0.717) is 5.92 Å². The maximum Gasteiger partial charge on any atom is 0.0445 e. The van der Waals surface area contributed by atoms with Crippen LogP contribution >= 0.6 is 0 Å². The van der Waals surface area contributed by atoms with Gasteiger partial charge in [-0.3, -0.25) is 0 Å². The second-order valence-electron chi connectivity index (χ2n) is 3.37. The van der Waals surface area contributed by atoms with E-state index in [1.54, 1.807) is 0 Å². The summed E-state index contributed by atoms with van der Waals surface area (Å²) in [4.78, 5) is 0. The van der Waals surface area contributed by atoms with Crippen LogP contribution in [0.2, 0.25) is 0 Å². The van der Waals surface area contributed by atoms with Crippen LogP contribution in [0.4, 0.5) is 0 Å². The molecule has 0 aromatic rings. The smallest absolute Gasteiger partial charge is 0.0445 e. The lowest BCUT2D eigenvalue weighted by molar-refractivity contribution is 0.252. The van der Waals surface area contributed by atoms with Gasteiger partial charge in [0.15, 0.2) is 0 Å². The summed E-state index contributed by atoms with van der Waals surface area (Å²) in [5.74, 6) is 1.48. The van der Waals surface area contributed by atoms with Crippen molar-refractivity contribution < 1.29 is 5.11 Å². The Kier molecular flexibility index (Phi) is 2.69. The first-order valence-electron chi connectivity index (χ1n) is 4.12. The van der Waals surface area contributed by atoms with E-state index < -0.39 is 0 Å². The number of aliphatic hydroxyl groups is 1. The summed E-state index contributed by atoms with van der Waals surface area (Å²) in [5.41, 5.74) is 5.81. The van der Waals surface area contributed by atoms with Crippen molar-refractivity contribution in [3.05, 3.63) is 0 Å². The molecule has 2 heteroatoms. The lowest BCUT2D eigenvalue weighted by Crippen LogP contribution is -2.30. The molecule has 2 atom stereocenters. The first kappa shape index (κ1) is 8.02. The fourth-order valence-electron chi connectivity index (χ4n) is 1.38. The molecule has 1 aliphatic carbocycles. The van der Waals surface area contributed by atoms with Crippen LogP contribution in [0.5, 0.6) is 0 Å². The Bertz CT molecular complexity index is 101. The van der Waals surface area contributed by atoms with Gasteiger partial charge in [-0.05, 0) is 31.1 Å². The Balaban J connectivity index is 2.17. The molecule has 1 rings (SSSR count). The van der Waals surface area contributed by atoms with Crippen molar-refractivity contribution in [2.45, 2.75) is 32.2 Å². The minimum atomic E-state index is 0.220. The third-order valence-electron chi connectivity index (χ3n) is 2.50. The molecule has 10 heavy (non-hydrogen) atoms. The fraction of sp³-hybridized carbons (Fsp3) is 1.00. The number of rotatable bonds is 4. The summed E-state index contributed by atoms with van der Waals surface area (Å²) in [6.45, 7) is 2.43. The van der Waals surface area contributed by atoms with E-state index in [4.69, 9.17) is 10.8 Å². The number of aliphatic hydroxyl groups excluding tert-OH is 1. The molecule has 2 nitrogen and oxygen atoms in total. The van der Waals surface area contributed by atoms with E-state index in [-0.39, 0.29) is 12.6 Å². The molecule has 1 fully saturated rings. The highest BCUT2D eigenvalue weighted by atomic mass is 16.3. The topological polar surface area (TPSA) is 46.2 Å². The lowest BCUT2D eigenvalue weighted by atomic mass is 9.95. The highest BCUT2D eigenvalue weighted by Gasteiger charge is 2.31. The van der Waals surface area contributed by atoms with Crippen molar-refractivity contribution >= 4 is 0 Å². The zero-order valence-corrected chi connectivity index (χ0v) is 6.59. The van der Waals surface area contributed by atoms with Gasteiger partial charge in [0.1, 0.15) is 0 Å². The van der Waals surface area contributed by atoms with Gasteiger partial charge in [0.2, 0.25) is 0 Å². The fourth-order valence-corrected chi connectivity index (χ4v) is 1.38. The zero-order chi connectivity index (χ0) is 7.56. The van der Waals surface area contributed by atoms with Crippen LogP contribution in [0.15, 0.2) is 0 Å². The van der Waals surface area contributed by atoms with Gasteiger partial charge in [-0.1, -0.05) is 6.92 Å². The maximum atomic E-state index is 8.61. The Morgan fingerprint density at radius 2 is 2.20 bits per heavy atom. The third kappa shape index (κ3) is 1.96. The second-order valence-corrected chi connectivity index (χ2v) is 3.37. The minimum Gasteiger partial charge on any atom is -0.396 e. The molecule has 2 unspecified atom stereocenters. The van der Waals surface area contributed by atoms with Gasteiger partial charge in [-0.15, -0.1) is 0 Å². The van der Waals surface area contributed by atoms with E-state index in [9.17, 15) is 0 Å². The highest BCUT2D eigenvalue weighted by molar-refractivity contribution is 4.84. The molecule has 0 amide bonds. The van der Waals surface area contributed by atoms with Crippen LogP contribution < -0.4 is 5.73 Å². The molecule has 0 heterocycles. The molecule has 1 aliphatic rings. The summed E-state index contributed by atoms with van der Waals surface area (Å²) in [6, 6.07) is 0.220. The lowest BCUT2D eigenvalue weighted by Gasteiger charge is -2.17. The molecular formula is C8H17NO. The predicted octanol–water partition coefficient (Wildman–Crippen LogP) is 0.742. The molecule has 0 aromatic carbocycles. The van der Waals surface area contributed by atoms with Crippen molar-refractivity contribution in [1.29, 1.82) is 0 Å². The Morgan fingerprint density at radius 1 is 1.60 bits per heavy atom.